The first-order valence-corrected chi connectivity index (χ1v) is 7.91. The lowest BCUT2D eigenvalue weighted by molar-refractivity contribution is 1.14. The molecule has 0 aliphatic heterocycles. The molecule has 2 aromatic carbocycles. The summed E-state index contributed by atoms with van der Waals surface area (Å²) in [5.41, 5.74) is 6.80. The van der Waals surface area contributed by atoms with Crippen molar-refractivity contribution in [2.24, 2.45) is 10.2 Å². The lowest BCUT2D eigenvalue weighted by Gasteiger charge is -2.03. The van der Waals surface area contributed by atoms with Crippen LogP contribution in [-0.2, 0) is 12.8 Å². The summed E-state index contributed by atoms with van der Waals surface area (Å²) in [6.07, 6.45) is 2.11. The van der Waals surface area contributed by atoms with Gasteiger partial charge in [-0.05, 0) is 48.9 Å². The normalized spacial score (nSPS) is 12.5. The topological polar surface area (TPSA) is 24.7 Å². The fourth-order valence-electron chi connectivity index (χ4n) is 2.23. The molecule has 114 valence electrons. The number of hydrogen-bond donors (Lipinski definition) is 0. The number of aryl methyl sites for hydroxylation is 2. The lowest BCUT2D eigenvalue weighted by atomic mass is 10.1. The van der Waals surface area contributed by atoms with E-state index in [1.165, 1.54) is 11.1 Å². The fraction of sp³-hybridized carbons (Fsp3) is 0.300. The summed E-state index contributed by atoms with van der Waals surface area (Å²) in [7, 11) is 0. The van der Waals surface area contributed by atoms with Gasteiger partial charge in [-0.2, -0.15) is 10.2 Å². The van der Waals surface area contributed by atoms with Crippen LogP contribution in [0.1, 0.15) is 49.9 Å². The molecule has 0 aliphatic carbocycles. The molecule has 0 aliphatic rings. The Morgan fingerprint density at radius 1 is 0.636 bits per heavy atom. The Labute approximate surface area is 133 Å². The molecule has 2 nitrogen and oxygen atoms in total. The van der Waals surface area contributed by atoms with Gasteiger partial charge in [-0.25, -0.2) is 0 Å². The van der Waals surface area contributed by atoms with Crippen LogP contribution >= 0.6 is 0 Å². The Bertz CT molecular complexity index is 600. The molecule has 22 heavy (non-hydrogen) atoms. The van der Waals surface area contributed by atoms with Gasteiger partial charge in [0.1, 0.15) is 0 Å². The molecule has 0 radical (unpaired) electrons. The third-order valence-electron chi connectivity index (χ3n) is 3.91. The van der Waals surface area contributed by atoms with E-state index in [1.54, 1.807) is 0 Å². The van der Waals surface area contributed by atoms with Crippen LogP contribution in [0.3, 0.4) is 0 Å². The number of rotatable bonds is 5. The minimum Gasteiger partial charge on any atom is -0.155 e. The summed E-state index contributed by atoms with van der Waals surface area (Å²) >= 11 is 0. The minimum absolute atomic E-state index is 0.937. The Morgan fingerprint density at radius 2 is 0.955 bits per heavy atom. The van der Waals surface area contributed by atoms with Crippen molar-refractivity contribution >= 4 is 11.4 Å². The molecule has 0 unspecified atom stereocenters. The van der Waals surface area contributed by atoms with Crippen molar-refractivity contribution in [1.29, 1.82) is 0 Å². The predicted octanol–water partition coefficient (Wildman–Crippen LogP) is 5.04. The summed E-state index contributed by atoms with van der Waals surface area (Å²) in [5.74, 6) is 0. The van der Waals surface area contributed by atoms with Gasteiger partial charge in [-0.1, -0.05) is 62.4 Å². The third-order valence-corrected chi connectivity index (χ3v) is 3.91. The molecule has 0 spiro atoms. The average molecular weight is 292 g/mol. The molecular formula is C20H24N2. The molecule has 0 N–H and O–H groups in total. The number of hydrogen-bond acceptors (Lipinski definition) is 2. The molecule has 0 aromatic heterocycles. The Morgan fingerprint density at radius 3 is 1.23 bits per heavy atom. The highest BCUT2D eigenvalue weighted by molar-refractivity contribution is 6.01. The van der Waals surface area contributed by atoms with Gasteiger partial charge < -0.3 is 0 Å². The molecule has 0 amide bonds. The van der Waals surface area contributed by atoms with Crippen molar-refractivity contribution in [1.82, 2.24) is 0 Å². The number of nitrogens with zero attached hydrogens (tertiary/aromatic N) is 2. The van der Waals surface area contributed by atoms with Crippen molar-refractivity contribution in [3.63, 3.8) is 0 Å². The quantitative estimate of drug-likeness (QED) is 0.544. The highest BCUT2D eigenvalue weighted by Crippen LogP contribution is 2.09. The SMILES string of the molecule is CCc1ccc(/C(C)=N/N=C(\C)c2ccc(CC)cc2)cc1. The van der Waals surface area contributed by atoms with Gasteiger partial charge in [-0.15, -0.1) is 0 Å². The highest BCUT2D eigenvalue weighted by Gasteiger charge is 1.99. The maximum absolute atomic E-state index is 4.37. The highest BCUT2D eigenvalue weighted by atomic mass is 15.2. The zero-order valence-electron chi connectivity index (χ0n) is 13.9. The van der Waals surface area contributed by atoms with Crippen molar-refractivity contribution in [2.45, 2.75) is 40.5 Å². The van der Waals surface area contributed by atoms with Crippen molar-refractivity contribution in [3.05, 3.63) is 70.8 Å². The molecule has 2 heteroatoms. The molecule has 0 saturated carbocycles. The van der Waals surface area contributed by atoms with E-state index in [2.05, 4.69) is 72.6 Å². The van der Waals surface area contributed by atoms with Gasteiger partial charge in [0.05, 0.1) is 11.4 Å². The van der Waals surface area contributed by atoms with Crippen LogP contribution in [-0.4, -0.2) is 11.4 Å². The van der Waals surface area contributed by atoms with E-state index in [4.69, 9.17) is 0 Å². The first kappa shape index (κ1) is 16.2. The van der Waals surface area contributed by atoms with Crippen LogP contribution in [0.5, 0.6) is 0 Å². The van der Waals surface area contributed by atoms with Crippen LogP contribution in [0, 0.1) is 0 Å². The second-order valence-electron chi connectivity index (χ2n) is 5.47. The van der Waals surface area contributed by atoms with Gasteiger partial charge in [0.25, 0.3) is 0 Å². The van der Waals surface area contributed by atoms with E-state index < -0.39 is 0 Å². The lowest BCUT2D eigenvalue weighted by Crippen LogP contribution is -1.97. The Kier molecular flexibility index (Phi) is 5.65. The molecule has 0 atom stereocenters. The fourth-order valence-corrected chi connectivity index (χ4v) is 2.23. The van der Waals surface area contributed by atoms with Crippen molar-refractivity contribution < 1.29 is 0 Å². The molecule has 0 heterocycles. The smallest absolute Gasteiger partial charge is 0.0671 e. The predicted molar refractivity (Wildman–Crippen MR) is 96.1 cm³/mol. The molecule has 0 saturated heterocycles. The second-order valence-corrected chi connectivity index (χ2v) is 5.47. The zero-order chi connectivity index (χ0) is 15.9. The van der Waals surface area contributed by atoms with Crippen molar-refractivity contribution in [3.8, 4) is 0 Å². The summed E-state index contributed by atoms with van der Waals surface area (Å²) < 4.78 is 0. The van der Waals surface area contributed by atoms with E-state index in [9.17, 15) is 0 Å². The second kappa shape index (κ2) is 7.69. The zero-order valence-corrected chi connectivity index (χ0v) is 13.9. The Balaban J connectivity index is 2.15. The third kappa shape index (κ3) is 4.14. The standard InChI is InChI=1S/C20H24N2/c1-5-17-7-11-19(12-8-17)15(3)21-22-16(4)20-13-9-18(6-2)10-14-20/h7-14H,5-6H2,1-4H3/b21-15+,22-16+. The maximum atomic E-state index is 4.37. The first-order chi connectivity index (χ1) is 10.6. The van der Waals surface area contributed by atoms with Crippen LogP contribution in [0.15, 0.2) is 58.7 Å². The minimum atomic E-state index is 0.937. The largest absolute Gasteiger partial charge is 0.155 e. The van der Waals surface area contributed by atoms with E-state index in [0.717, 1.165) is 35.4 Å². The monoisotopic (exact) mass is 292 g/mol. The molecule has 0 fully saturated rings. The number of benzene rings is 2. The van der Waals surface area contributed by atoms with Gasteiger partial charge >= 0.3 is 0 Å². The van der Waals surface area contributed by atoms with Crippen LogP contribution < -0.4 is 0 Å². The molecule has 2 rings (SSSR count). The van der Waals surface area contributed by atoms with Crippen molar-refractivity contribution in [2.75, 3.05) is 0 Å². The maximum Gasteiger partial charge on any atom is 0.0671 e. The van der Waals surface area contributed by atoms with E-state index in [-0.39, 0.29) is 0 Å². The average Bonchev–Trinajstić information content (AvgIpc) is 2.59. The Hall–Kier alpha value is -2.22. The van der Waals surface area contributed by atoms with Gasteiger partial charge in [-0.3, -0.25) is 0 Å². The summed E-state index contributed by atoms with van der Waals surface area (Å²) in [5, 5.41) is 8.75. The van der Waals surface area contributed by atoms with Gasteiger partial charge in [0, 0.05) is 0 Å². The molecular weight excluding hydrogens is 268 g/mol. The summed E-state index contributed by atoms with van der Waals surface area (Å²) in [6.45, 7) is 8.32. The van der Waals surface area contributed by atoms with Crippen LogP contribution in [0.25, 0.3) is 0 Å². The van der Waals surface area contributed by atoms with E-state index >= 15 is 0 Å². The summed E-state index contributed by atoms with van der Waals surface area (Å²) in [6, 6.07) is 17.0. The van der Waals surface area contributed by atoms with Gasteiger partial charge in [0.2, 0.25) is 0 Å². The summed E-state index contributed by atoms with van der Waals surface area (Å²) in [4.78, 5) is 0. The first-order valence-electron chi connectivity index (χ1n) is 7.91. The van der Waals surface area contributed by atoms with E-state index in [1.807, 2.05) is 13.8 Å². The van der Waals surface area contributed by atoms with Gasteiger partial charge in [0.15, 0.2) is 0 Å². The van der Waals surface area contributed by atoms with Crippen LogP contribution in [0.4, 0.5) is 0 Å². The van der Waals surface area contributed by atoms with E-state index in [0.29, 0.717) is 0 Å². The molecule has 0 bridgehead atoms. The molecule has 2 aromatic rings. The van der Waals surface area contributed by atoms with Crippen LogP contribution in [0.2, 0.25) is 0 Å².